The topological polar surface area (TPSA) is 41.9 Å². The number of hydrogen-bond acceptors (Lipinski definition) is 4. The standard InChI is InChI=1S/C28H30N4/c1-7-14-22(5)32(23(6)19-21(4)20(2)3)28-30-26(24-15-10-8-11-16-24)29-27(31-28)25-17-12-9-13-18-25/h7-20H,5-6H2,1-4H3/b14-7-,21-19-. The fourth-order valence-electron chi connectivity index (χ4n) is 3.10. The van der Waals surface area contributed by atoms with Crippen LogP contribution >= 0.6 is 0 Å². The molecule has 0 N–H and O–H groups in total. The maximum atomic E-state index is 4.82. The van der Waals surface area contributed by atoms with Crippen LogP contribution in [0.4, 0.5) is 5.95 Å². The molecule has 0 aliphatic heterocycles. The van der Waals surface area contributed by atoms with Crippen LogP contribution in [0.1, 0.15) is 27.7 Å². The van der Waals surface area contributed by atoms with Gasteiger partial charge >= 0.3 is 0 Å². The fourth-order valence-corrected chi connectivity index (χ4v) is 3.10. The Morgan fingerprint density at radius 2 is 1.31 bits per heavy atom. The fraction of sp³-hybridized carbons (Fsp3) is 0.179. The Bertz CT molecular complexity index is 1080. The molecular weight excluding hydrogens is 392 g/mol. The first-order valence-electron chi connectivity index (χ1n) is 10.8. The monoisotopic (exact) mass is 422 g/mol. The van der Waals surface area contributed by atoms with E-state index in [1.54, 1.807) is 0 Å². The maximum absolute atomic E-state index is 4.82. The largest absolute Gasteiger partial charge is 0.280 e. The molecule has 1 aromatic heterocycles. The number of anilines is 1. The molecule has 3 rings (SSSR count). The molecule has 0 amide bonds. The molecule has 0 atom stereocenters. The average molecular weight is 423 g/mol. The Labute approximate surface area is 191 Å². The highest BCUT2D eigenvalue weighted by molar-refractivity contribution is 5.65. The van der Waals surface area contributed by atoms with Crippen LogP contribution in [0.25, 0.3) is 22.8 Å². The van der Waals surface area contributed by atoms with Crippen molar-refractivity contribution in [1.29, 1.82) is 0 Å². The van der Waals surface area contributed by atoms with Gasteiger partial charge in [0.15, 0.2) is 11.6 Å². The van der Waals surface area contributed by atoms with Crippen LogP contribution < -0.4 is 4.90 Å². The summed E-state index contributed by atoms with van der Waals surface area (Å²) in [6, 6.07) is 19.9. The summed E-state index contributed by atoms with van der Waals surface area (Å²) in [7, 11) is 0. The van der Waals surface area contributed by atoms with Crippen LogP contribution in [-0.2, 0) is 0 Å². The van der Waals surface area contributed by atoms with Gasteiger partial charge in [-0.1, -0.05) is 99.3 Å². The van der Waals surface area contributed by atoms with E-state index in [1.807, 2.05) is 84.6 Å². The van der Waals surface area contributed by atoms with E-state index in [1.165, 1.54) is 5.57 Å². The van der Waals surface area contributed by atoms with Crippen LogP contribution in [0, 0.1) is 5.92 Å². The van der Waals surface area contributed by atoms with Gasteiger partial charge < -0.3 is 0 Å². The lowest BCUT2D eigenvalue weighted by atomic mass is 10.0. The van der Waals surface area contributed by atoms with E-state index in [-0.39, 0.29) is 0 Å². The summed E-state index contributed by atoms with van der Waals surface area (Å²) in [5.41, 5.74) is 4.54. The first-order chi connectivity index (χ1) is 15.4. The minimum absolute atomic E-state index is 0.404. The van der Waals surface area contributed by atoms with Gasteiger partial charge in [-0.3, -0.25) is 4.90 Å². The van der Waals surface area contributed by atoms with E-state index in [9.17, 15) is 0 Å². The summed E-state index contributed by atoms with van der Waals surface area (Å²) >= 11 is 0. The highest BCUT2D eigenvalue weighted by Gasteiger charge is 2.19. The first kappa shape index (κ1) is 22.9. The zero-order valence-corrected chi connectivity index (χ0v) is 19.3. The van der Waals surface area contributed by atoms with Crippen molar-refractivity contribution in [3.05, 3.63) is 109 Å². The zero-order valence-electron chi connectivity index (χ0n) is 19.3. The van der Waals surface area contributed by atoms with Gasteiger partial charge in [-0.15, -0.1) is 0 Å². The Balaban J connectivity index is 2.22. The molecule has 0 aliphatic carbocycles. The van der Waals surface area contributed by atoms with Crippen LogP contribution in [0.3, 0.4) is 0 Å². The molecule has 0 aliphatic rings. The summed E-state index contributed by atoms with van der Waals surface area (Å²) in [6.07, 6.45) is 5.93. The minimum Gasteiger partial charge on any atom is -0.280 e. The van der Waals surface area contributed by atoms with E-state index in [4.69, 9.17) is 15.0 Å². The van der Waals surface area contributed by atoms with Crippen LogP contribution in [0.15, 0.2) is 109 Å². The number of hydrogen-bond donors (Lipinski definition) is 0. The van der Waals surface area contributed by atoms with Crippen molar-refractivity contribution >= 4 is 5.95 Å². The molecule has 162 valence electrons. The zero-order chi connectivity index (χ0) is 23.1. The van der Waals surface area contributed by atoms with Crippen molar-refractivity contribution in [1.82, 2.24) is 15.0 Å². The number of rotatable bonds is 8. The van der Waals surface area contributed by atoms with E-state index < -0.39 is 0 Å². The lowest BCUT2D eigenvalue weighted by Gasteiger charge is -2.25. The smallest absolute Gasteiger partial charge is 0.238 e. The molecule has 2 aromatic carbocycles. The van der Waals surface area contributed by atoms with Crippen LogP contribution in [0.5, 0.6) is 0 Å². The highest BCUT2D eigenvalue weighted by atomic mass is 15.3. The van der Waals surface area contributed by atoms with Gasteiger partial charge in [-0.05, 0) is 31.9 Å². The summed E-state index contributed by atoms with van der Waals surface area (Å²) < 4.78 is 0. The third-order valence-corrected chi connectivity index (χ3v) is 5.13. The average Bonchev–Trinajstić information content (AvgIpc) is 2.80. The van der Waals surface area contributed by atoms with Gasteiger partial charge in [-0.2, -0.15) is 9.97 Å². The predicted molar refractivity (Wildman–Crippen MR) is 135 cm³/mol. The maximum Gasteiger partial charge on any atom is 0.238 e. The highest BCUT2D eigenvalue weighted by Crippen LogP contribution is 2.28. The van der Waals surface area contributed by atoms with Crippen molar-refractivity contribution in [3.63, 3.8) is 0 Å². The summed E-state index contributed by atoms with van der Waals surface area (Å²) in [5.74, 6) is 2.09. The summed E-state index contributed by atoms with van der Waals surface area (Å²) in [4.78, 5) is 16.3. The molecular formula is C28H30N4. The Morgan fingerprint density at radius 3 is 1.75 bits per heavy atom. The normalized spacial score (nSPS) is 11.7. The first-order valence-corrected chi connectivity index (χ1v) is 10.8. The lowest BCUT2D eigenvalue weighted by Crippen LogP contribution is -2.22. The van der Waals surface area contributed by atoms with Crippen molar-refractivity contribution in [2.75, 3.05) is 4.90 Å². The van der Waals surface area contributed by atoms with Gasteiger partial charge in [-0.25, -0.2) is 4.98 Å². The number of aromatic nitrogens is 3. The van der Waals surface area contributed by atoms with E-state index >= 15 is 0 Å². The molecule has 4 nitrogen and oxygen atoms in total. The number of allylic oxidation sites excluding steroid dienone is 4. The third-order valence-electron chi connectivity index (χ3n) is 5.13. The van der Waals surface area contributed by atoms with E-state index in [0.717, 1.165) is 22.5 Å². The molecule has 0 unspecified atom stereocenters. The van der Waals surface area contributed by atoms with Gasteiger partial charge in [0.1, 0.15) is 0 Å². The molecule has 0 saturated carbocycles. The van der Waals surface area contributed by atoms with Gasteiger partial charge in [0.05, 0.1) is 0 Å². The lowest BCUT2D eigenvalue weighted by molar-refractivity contribution is 0.767. The van der Waals surface area contributed by atoms with Crippen LogP contribution in [0.2, 0.25) is 0 Å². The second kappa shape index (κ2) is 10.5. The Hall–Kier alpha value is -3.79. The Morgan fingerprint density at radius 1 is 0.812 bits per heavy atom. The van der Waals surface area contributed by atoms with E-state index in [2.05, 4.69) is 40.0 Å². The summed E-state index contributed by atoms with van der Waals surface area (Å²) in [5, 5.41) is 0. The molecule has 0 saturated heterocycles. The van der Waals surface area contributed by atoms with Crippen molar-refractivity contribution < 1.29 is 0 Å². The van der Waals surface area contributed by atoms with Crippen molar-refractivity contribution in [3.8, 4) is 22.8 Å². The SMILES string of the molecule is C=C(/C=C\C)N(C(=C)/C=C(/C)C(C)C)c1nc(-c2ccccc2)nc(-c2ccccc2)n1. The third kappa shape index (κ3) is 5.46. The van der Waals surface area contributed by atoms with Gasteiger partial charge in [0.25, 0.3) is 0 Å². The summed E-state index contributed by atoms with van der Waals surface area (Å²) in [6.45, 7) is 16.9. The van der Waals surface area contributed by atoms with Crippen LogP contribution in [-0.4, -0.2) is 15.0 Å². The molecule has 3 aromatic rings. The second-order valence-electron chi connectivity index (χ2n) is 7.88. The van der Waals surface area contributed by atoms with Crippen molar-refractivity contribution in [2.24, 2.45) is 5.92 Å². The number of nitrogens with zero attached hydrogens (tertiary/aromatic N) is 4. The van der Waals surface area contributed by atoms with E-state index in [0.29, 0.717) is 23.5 Å². The molecule has 32 heavy (non-hydrogen) atoms. The van der Waals surface area contributed by atoms with Gasteiger partial charge in [0.2, 0.25) is 5.95 Å². The number of benzene rings is 2. The minimum atomic E-state index is 0.404. The molecule has 0 radical (unpaired) electrons. The molecule has 0 bridgehead atoms. The van der Waals surface area contributed by atoms with Crippen molar-refractivity contribution in [2.45, 2.75) is 27.7 Å². The van der Waals surface area contributed by atoms with Gasteiger partial charge in [0, 0.05) is 22.5 Å². The quantitative estimate of drug-likeness (QED) is 0.359. The molecule has 0 fully saturated rings. The second-order valence-corrected chi connectivity index (χ2v) is 7.88. The molecule has 0 spiro atoms. The molecule has 1 heterocycles. The Kier molecular flexibility index (Phi) is 7.50. The molecule has 4 heteroatoms. The predicted octanol–water partition coefficient (Wildman–Crippen LogP) is 7.22.